The molecule has 0 aromatic rings. The van der Waals surface area contributed by atoms with E-state index in [0.717, 1.165) is 38.8 Å². The Bertz CT molecular complexity index is 162. The highest BCUT2D eigenvalue weighted by molar-refractivity contribution is 4.84. The van der Waals surface area contributed by atoms with Crippen LogP contribution in [0, 0.1) is 0 Å². The highest BCUT2D eigenvalue weighted by Gasteiger charge is 2.31. The van der Waals surface area contributed by atoms with Crippen molar-refractivity contribution >= 4 is 0 Å². The number of rotatable bonds is 3. The van der Waals surface area contributed by atoms with E-state index in [1.165, 1.54) is 6.42 Å². The van der Waals surface area contributed by atoms with Crippen molar-refractivity contribution in [2.24, 2.45) is 0 Å². The third kappa shape index (κ3) is 2.42. The molecule has 0 amide bonds. The lowest BCUT2D eigenvalue weighted by molar-refractivity contribution is -0.100. The highest BCUT2D eigenvalue weighted by Crippen LogP contribution is 2.28. The van der Waals surface area contributed by atoms with Crippen molar-refractivity contribution in [2.45, 2.75) is 43.8 Å². The molecule has 3 nitrogen and oxygen atoms in total. The van der Waals surface area contributed by atoms with Crippen LogP contribution in [-0.4, -0.2) is 36.5 Å². The Morgan fingerprint density at radius 3 is 2.46 bits per heavy atom. The van der Waals surface area contributed by atoms with Crippen LogP contribution in [0.15, 0.2) is 0 Å². The number of aliphatic hydroxyl groups is 1. The Labute approximate surface area is 79.5 Å². The van der Waals surface area contributed by atoms with Crippen molar-refractivity contribution in [3.8, 4) is 0 Å². The van der Waals surface area contributed by atoms with Gasteiger partial charge in [-0.15, -0.1) is 0 Å². The Hall–Kier alpha value is -0.120. The molecule has 0 atom stereocenters. The smallest absolute Gasteiger partial charge is 0.0880 e. The maximum absolute atomic E-state index is 10.1. The van der Waals surface area contributed by atoms with E-state index in [2.05, 4.69) is 5.32 Å². The lowest BCUT2D eigenvalue weighted by Crippen LogP contribution is -2.51. The minimum absolute atomic E-state index is 0.353. The van der Waals surface area contributed by atoms with Crippen LogP contribution in [0.1, 0.15) is 32.1 Å². The van der Waals surface area contributed by atoms with Crippen molar-refractivity contribution < 1.29 is 9.84 Å². The van der Waals surface area contributed by atoms with Gasteiger partial charge in [0, 0.05) is 13.1 Å². The lowest BCUT2D eigenvalue weighted by atomic mass is 9.85. The molecular formula is C10H19NO2. The molecule has 1 aliphatic heterocycles. The van der Waals surface area contributed by atoms with E-state index in [9.17, 15) is 5.11 Å². The lowest BCUT2D eigenvalue weighted by Gasteiger charge is -2.35. The van der Waals surface area contributed by atoms with E-state index < -0.39 is 5.60 Å². The molecule has 2 rings (SSSR count). The molecule has 1 aliphatic carbocycles. The van der Waals surface area contributed by atoms with Crippen LogP contribution < -0.4 is 5.32 Å². The molecule has 0 bridgehead atoms. The van der Waals surface area contributed by atoms with Gasteiger partial charge < -0.3 is 15.2 Å². The van der Waals surface area contributed by atoms with Gasteiger partial charge >= 0.3 is 0 Å². The number of hydrogen-bond donors (Lipinski definition) is 2. The van der Waals surface area contributed by atoms with Crippen LogP contribution in [0.3, 0.4) is 0 Å². The number of nitrogens with one attached hydrogen (secondary N) is 1. The monoisotopic (exact) mass is 185 g/mol. The first-order valence-electron chi connectivity index (χ1n) is 5.33. The van der Waals surface area contributed by atoms with Gasteiger partial charge in [0.25, 0.3) is 0 Å². The molecule has 3 heteroatoms. The summed E-state index contributed by atoms with van der Waals surface area (Å²) in [6, 6.07) is 0. The first-order chi connectivity index (χ1) is 6.29. The van der Waals surface area contributed by atoms with Gasteiger partial charge in [-0.3, -0.25) is 0 Å². The average molecular weight is 185 g/mol. The third-order valence-corrected chi connectivity index (χ3v) is 3.12. The summed E-state index contributed by atoms with van der Waals surface area (Å²) in [7, 11) is 0. The molecule has 76 valence electrons. The fourth-order valence-electron chi connectivity index (χ4n) is 2.01. The Kier molecular flexibility index (Phi) is 2.86. The van der Waals surface area contributed by atoms with Gasteiger partial charge in [0.2, 0.25) is 0 Å². The molecule has 0 spiro atoms. The Morgan fingerprint density at radius 2 is 1.92 bits per heavy atom. The normalized spacial score (nSPS) is 28.4. The van der Waals surface area contributed by atoms with Crippen molar-refractivity contribution in [3.63, 3.8) is 0 Å². The van der Waals surface area contributed by atoms with E-state index in [0.29, 0.717) is 12.7 Å². The second-order valence-electron chi connectivity index (χ2n) is 4.38. The minimum Gasteiger partial charge on any atom is -0.387 e. The average Bonchev–Trinajstić information content (AvgIpc) is 2.02. The second-order valence-corrected chi connectivity index (χ2v) is 4.38. The van der Waals surface area contributed by atoms with E-state index in [1.807, 2.05) is 0 Å². The van der Waals surface area contributed by atoms with Crippen LogP contribution >= 0.6 is 0 Å². The van der Waals surface area contributed by atoms with Gasteiger partial charge in [0.05, 0.1) is 18.3 Å². The molecule has 1 heterocycles. The second kappa shape index (κ2) is 3.95. The summed E-state index contributed by atoms with van der Waals surface area (Å²) >= 11 is 0. The number of hydrogen-bond acceptors (Lipinski definition) is 3. The number of ether oxygens (including phenoxy) is 1. The summed E-state index contributed by atoms with van der Waals surface area (Å²) in [5, 5.41) is 13.2. The van der Waals surface area contributed by atoms with Crippen LogP contribution in [-0.2, 0) is 4.74 Å². The maximum Gasteiger partial charge on any atom is 0.0880 e. The van der Waals surface area contributed by atoms with Gasteiger partial charge in [0.15, 0.2) is 0 Å². The van der Waals surface area contributed by atoms with Gasteiger partial charge in [-0.2, -0.15) is 0 Å². The molecule has 0 aromatic carbocycles. The molecular weight excluding hydrogens is 166 g/mol. The zero-order valence-electron chi connectivity index (χ0n) is 8.09. The summed E-state index contributed by atoms with van der Waals surface area (Å²) in [4.78, 5) is 0. The predicted molar refractivity (Wildman–Crippen MR) is 50.6 cm³/mol. The topological polar surface area (TPSA) is 41.5 Å². The third-order valence-electron chi connectivity index (χ3n) is 3.12. The fourth-order valence-corrected chi connectivity index (χ4v) is 2.01. The zero-order valence-corrected chi connectivity index (χ0v) is 8.09. The first kappa shape index (κ1) is 9.44. The van der Waals surface area contributed by atoms with E-state index in [1.54, 1.807) is 0 Å². The first-order valence-corrected chi connectivity index (χ1v) is 5.33. The predicted octanol–water partition coefficient (Wildman–Crippen LogP) is 0.670. The SMILES string of the molecule is OC1(COC2CNC2)CCCCC1. The maximum atomic E-state index is 10.1. The zero-order chi connectivity index (χ0) is 9.15. The summed E-state index contributed by atoms with van der Waals surface area (Å²) in [6.07, 6.45) is 5.78. The van der Waals surface area contributed by atoms with Gasteiger partial charge in [-0.1, -0.05) is 19.3 Å². The van der Waals surface area contributed by atoms with Crippen LogP contribution in [0.25, 0.3) is 0 Å². The standard InChI is InChI=1S/C10H19NO2/c12-10(4-2-1-3-5-10)8-13-9-6-11-7-9/h9,11-12H,1-8H2. The van der Waals surface area contributed by atoms with E-state index in [-0.39, 0.29) is 0 Å². The molecule has 1 saturated carbocycles. The van der Waals surface area contributed by atoms with Crippen LogP contribution in [0.5, 0.6) is 0 Å². The molecule has 0 radical (unpaired) electrons. The molecule has 0 unspecified atom stereocenters. The van der Waals surface area contributed by atoms with Crippen LogP contribution in [0.4, 0.5) is 0 Å². The summed E-state index contributed by atoms with van der Waals surface area (Å²) in [5.74, 6) is 0. The Balaban J connectivity index is 1.71. The largest absolute Gasteiger partial charge is 0.387 e. The van der Waals surface area contributed by atoms with Crippen molar-refractivity contribution in [2.75, 3.05) is 19.7 Å². The molecule has 0 aromatic heterocycles. The molecule has 2 fully saturated rings. The van der Waals surface area contributed by atoms with Crippen molar-refractivity contribution in [1.29, 1.82) is 0 Å². The summed E-state index contributed by atoms with van der Waals surface area (Å²) < 4.78 is 5.61. The Morgan fingerprint density at radius 1 is 1.23 bits per heavy atom. The molecule has 13 heavy (non-hydrogen) atoms. The quantitative estimate of drug-likeness (QED) is 0.679. The summed E-state index contributed by atoms with van der Waals surface area (Å²) in [5.41, 5.74) is -0.506. The minimum atomic E-state index is -0.506. The van der Waals surface area contributed by atoms with Crippen LogP contribution in [0.2, 0.25) is 0 Å². The molecule has 2 aliphatic rings. The van der Waals surface area contributed by atoms with Gasteiger partial charge in [0.1, 0.15) is 0 Å². The molecule has 2 N–H and O–H groups in total. The highest BCUT2D eigenvalue weighted by atomic mass is 16.5. The fraction of sp³-hybridized carbons (Fsp3) is 1.00. The van der Waals surface area contributed by atoms with E-state index in [4.69, 9.17) is 4.74 Å². The summed E-state index contributed by atoms with van der Waals surface area (Å²) in [6.45, 7) is 2.45. The van der Waals surface area contributed by atoms with Gasteiger partial charge in [-0.05, 0) is 12.8 Å². The van der Waals surface area contributed by atoms with Gasteiger partial charge in [-0.25, -0.2) is 0 Å². The van der Waals surface area contributed by atoms with Crippen molar-refractivity contribution in [1.82, 2.24) is 5.32 Å². The molecule has 1 saturated heterocycles. The van der Waals surface area contributed by atoms with Crippen molar-refractivity contribution in [3.05, 3.63) is 0 Å². The van der Waals surface area contributed by atoms with E-state index >= 15 is 0 Å².